The zero-order chi connectivity index (χ0) is 22.5. The zero-order valence-electron chi connectivity index (χ0n) is 16.5. The molecule has 0 atom stereocenters. The normalized spacial score (nSPS) is 15.8. The molecule has 8 heteroatoms. The van der Waals surface area contributed by atoms with Gasteiger partial charge < -0.3 is 10.1 Å². The van der Waals surface area contributed by atoms with E-state index < -0.39 is 5.91 Å². The second kappa shape index (κ2) is 10.3. The van der Waals surface area contributed by atoms with Crippen molar-refractivity contribution in [2.45, 2.75) is 6.61 Å². The van der Waals surface area contributed by atoms with E-state index in [2.05, 4.69) is 32.9 Å². The van der Waals surface area contributed by atoms with Gasteiger partial charge in [0.15, 0.2) is 5.17 Å². The first-order chi connectivity index (χ1) is 15.5. The van der Waals surface area contributed by atoms with E-state index in [0.29, 0.717) is 22.1 Å². The Kier molecular flexibility index (Phi) is 7.29. The van der Waals surface area contributed by atoms with Crippen LogP contribution < -0.4 is 10.1 Å². The number of rotatable bonds is 5. The van der Waals surface area contributed by atoms with Crippen LogP contribution in [0.1, 0.15) is 21.5 Å². The lowest BCUT2D eigenvalue weighted by atomic mass is 10.2. The fraction of sp³-hybridized carbons (Fsp3) is 0.0417. The molecule has 1 saturated heterocycles. The monoisotopic (exact) mass is 574 g/mol. The molecule has 5 nitrogen and oxygen atoms in total. The number of nitrogens with zero attached hydrogens (tertiary/aromatic N) is 1. The van der Waals surface area contributed by atoms with E-state index in [9.17, 15) is 9.59 Å². The Bertz CT molecular complexity index is 1210. The standard InChI is InChI=1S/C24H16ClIN2O3S/c25-18-7-5-17(6-8-18)22(29)27-24-28-23(30)21(32-24)13-15-3-11-20(12-4-15)31-14-16-1-9-19(26)10-2-16/h1-13H,14H2,(H,27,28,29,30)/b21-13-. The molecule has 0 saturated carbocycles. The molecule has 32 heavy (non-hydrogen) atoms. The Morgan fingerprint density at radius 2 is 1.72 bits per heavy atom. The van der Waals surface area contributed by atoms with Gasteiger partial charge in [-0.3, -0.25) is 9.59 Å². The molecule has 4 rings (SSSR count). The van der Waals surface area contributed by atoms with Gasteiger partial charge in [-0.2, -0.15) is 4.99 Å². The molecule has 160 valence electrons. The molecule has 1 heterocycles. The van der Waals surface area contributed by atoms with Crippen molar-refractivity contribution in [3.05, 3.63) is 103 Å². The average Bonchev–Trinajstić information content (AvgIpc) is 3.13. The molecule has 0 spiro atoms. The van der Waals surface area contributed by atoms with Gasteiger partial charge in [0.2, 0.25) is 0 Å². The smallest absolute Gasteiger partial charge is 0.279 e. The molecular formula is C24H16ClIN2O3S. The van der Waals surface area contributed by atoms with E-state index >= 15 is 0 Å². The van der Waals surface area contributed by atoms with Gasteiger partial charge in [0.1, 0.15) is 12.4 Å². The fourth-order valence-electron chi connectivity index (χ4n) is 2.79. The molecule has 0 aliphatic carbocycles. The highest BCUT2D eigenvalue weighted by atomic mass is 127. The van der Waals surface area contributed by atoms with Gasteiger partial charge in [0.25, 0.3) is 11.8 Å². The van der Waals surface area contributed by atoms with Gasteiger partial charge in [-0.15, -0.1) is 0 Å². The number of amides is 2. The Morgan fingerprint density at radius 1 is 1.03 bits per heavy atom. The molecule has 0 bridgehead atoms. The lowest BCUT2D eigenvalue weighted by Gasteiger charge is -2.07. The molecular weight excluding hydrogens is 559 g/mol. The highest BCUT2D eigenvalue weighted by molar-refractivity contribution is 14.1. The van der Waals surface area contributed by atoms with Crippen LogP contribution in [0.25, 0.3) is 6.08 Å². The molecule has 0 radical (unpaired) electrons. The van der Waals surface area contributed by atoms with Crippen molar-refractivity contribution in [2.24, 2.45) is 4.99 Å². The van der Waals surface area contributed by atoms with Crippen LogP contribution in [0.15, 0.2) is 82.7 Å². The minimum Gasteiger partial charge on any atom is -0.489 e. The van der Waals surface area contributed by atoms with Gasteiger partial charge in [-0.05, 0) is 100 Å². The maximum atomic E-state index is 12.3. The highest BCUT2D eigenvalue weighted by Crippen LogP contribution is 2.27. The van der Waals surface area contributed by atoms with Crippen LogP contribution >= 0.6 is 46.0 Å². The summed E-state index contributed by atoms with van der Waals surface area (Å²) in [6, 6.07) is 22.0. The summed E-state index contributed by atoms with van der Waals surface area (Å²) >= 11 is 9.23. The first kappa shape index (κ1) is 22.6. The van der Waals surface area contributed by atoms with E-state index in [1.165, 1.54) is 3.57 Å². The quantitative estimate of drug-likeness (QED) is 0.303. The predicted molar refractivity (Wildman–Crippen MR) is 137 cm³/mol. The zero-order valence-corrected chi connectivity index (χ0v) is 20.3. The van der Waals surface area contributed by atoms with Crippen LogP contribution in [0.4, 0.5) is 0 Å². The van der Waals surface area contributed by atoms with Crippen molar-refractivity contribution < 1.29 is 14.3 Å². The number of thioether (sulfide) groups is 1. The number of nitrogens with one attached hydrogen (secondary N) is 1. The molecule has 2 amide bonds. The summed E-state index contributed by atoms with van der Waals surface area (Å²) in [6.45, 7) is 0.483. The molecule has 1 aliphatic heterocycles. The summed E-state index contributed by atoms with van der Waals surface area (Å²) in [6.07, 6.45) is 1.75. The molecule has 1 fully saturated rings. The lowest BCUT2D eigenvalue weighted by Crippen LogP contribution is -2.20. The summed E-state index contributed by atoms with van der Waals surface area (Å²) in [4.78, 5) is 29.0. The van der Waals surface area contributed by atoms with Crippen LogP contribution in [-0.2, 0) is 11.4 Å². The van der Waals surface area contributed by atoms with Crippen LogP contribution in [0, 0.1) is 3.57 Å². The number of benzene rings is 3. The Hall–Kier alpha value is -2.62. The minimum absolute atomic E-state index is 0.249. The first-order valence-electron chi connectivity index (χ1n) is 9.53. The van der Waals surface area contributed by atoms with Gasteiger partial charge in [-0.25, -0.2) is 0 Å². The van der Waals surface area contributed by atoms with Gasteiger partial charge in [-0.1, -0.05) is 35.9 Å². The number of carbonyl (C=O) groups excluding carboxylic acids is 2. The fourth-order valence-corrected chi connectivity index (χ4v) is 4.09. The van der Waals surface area contributed by atoms with Crippen LogP contribution in [0.5, 0.6) is 5.75 Å². The lowest BCUT2D eigenvalue weighted by molar-refractivity contribution is -0.115. The minimum atomic E-state index is -0.444. The van der Waals surface area contributed by atoms with Gasteiger partial charge >= 0.3 is 0 Å². The van der Waals surface area contributed by atoms with E-state index in [1.54, 1.807) is 30.3 Å². The molecule has 1 N–H and O–H groups in total. The van der Waals surface area contributed by atoms with E-state index in [1.807, 2.05) is 48.5 Å². The predicted octanol–water partition coefficient (Wildman–Crippen LogP) is 5.92. The summed E-state index contributed by atoms with van der Waals surface area (Å²) < 4.78 is 7.00. The molecule has 3 aromatic rings. The van der Waals surface area contributed by atoms with Crippen molar-refractivity contribution in [1.29, 1.82) is 0 Å². The highest BCUT2D eigenvalue weighted by Gasteiger charge is 2.24. The van der Waals surface area contributed by atoms with Crippen LogP contribution in [-0.4, -0.2) is 17.0 Å². The number of carbonyl (C=O) groups is 2. The Labute approximate surface area is 208 Å². The second-order valence-electron chi connectivity index (χ2n) is 6.78. The van der Waals surface area contributed by atoms with Crippen molar-refractivity contribution >= 4 is 69.0 Å². The third-order valence-electron chi connectivity index (χ3n) is 4.44. The molecule has 0 aromatic heterocycles. The second-order valence-corrected chi connectivity index (χ2v) is 9.49. The third kappa shape index (κ3) is 5.99. The number of halogens is 2. The van der Waals surface area contributed by atoms with Crippen molar-refractivity contribution in [3.63, 3.8) is 0 Å². The summed E-state index contributed by atoms with van der Waals surface area (Å²) in [5, 5.41) is 3.41. The van der Waals surface area contributed by atoms with E-state index in [0.717, 1.165) is 28.6 Å². The molecule has 0 unspecified atom stereocenters. The average molecular weight is 575 g/mol. The number of amidine groups is 1. The number of hydrogen-bond acceptors (Lipinski definition) is 4. The maximum absolute atomic E-state index is 12.3. The third-order valence-corrected chi connectivity index (χ3v) is 6.32. The van der Waals surface area contributed by atoms with E-state index in [-0.39, 0.29) is 11.1 Å². The van der Waals surface area contributed by atoms with Gasteiger partial charge in [0, 0.05) is 14.2 Å². The Morgan fingerprint density at radius 3 is 2.41 bits per heavy atom. The topological polar surface area (TPSA) is 67.8 Å². The van der Waals surface area contributed by atoms with Crippen LogP contribution in [0.2, 0.25) is 5.02 Å². The first-order valence-corrected chi connectivity index (χ1v) is 11.8. The van der Waals surface area contributed by atoms with Crippen molar-refractivity contribution in [3.8, 4) is 5.75 Å². The largest absolute Gasteiger partial charge is 0.489 e. The summed E-state index contributed by atoms with van der Waals surface area (Å²) in [5.41, 5.74) is 2.33. The number of aliphatic imine (C=N–C) groups is 1. The van der Waals surface area contributed by atoms with E-state index in [4.69, 9.17) is 16.3 Å². The SMILES string of the molecule is O=C1NC(=NC(=O)c2ccc(Cl)cc2)S/C1=C\c1ccc(OCc2ccc(I)cc2)cc1. The maximum Gasteiger partial charge on any atom is 0.279 e. The number of hydrogen-bond donors (Lipinski definition) is 1. The Balaban J connectivity index is 1.39. The summed E-state index contributed by atoms with van der Waals surface area (Å²) in [5.74, 6) is 0.00192. The van der Waals surface area contributed by atoms with Crippen molar-refractivity contribution in [2.75, 3.05) is 0 Å². The molecule has 1 aliphatic rings. The van der Waals surface area contributed by atoms with Crippen molar-refractivity contribution in [1.82, 2.24) is 5.32 Å². The summed E-state index contributed by atoms with van der Waals surface area (Å²) in [7, 11) is 0. The van der Waals surface area contributed by atoms with Crippen LogP contribution in [0.3, 0.4) is 0 Å². The number of ether oxygens (including phenoxy) is 1. The van der Waals surface area contributed by atoms with Gasteiger partial charge in [0.05, 0.1) is 4.91 Å². The molecule has 3 aromatic carbocycles.